The van der Waals surface area contributed by atoms with Crippen LogP contribution < -0.4 is 9.47 Å². The molecule has 0 atom stereocenters. The lowest BCUT2D eigenvalue weighted by atomic mass is 10.1. The minimum absolute atomic E-state index is 0.207. The second-order valence-electron chi connectivity index (χ2n) is 5.26. The number of esters is 1. The molecule has 2 rings (SSSR count). The number of rotatable bonds is 12. The van der Waals surface area contributed by atoms with Crippen molar-refractivity contribution in [1.82, 2.24) is 0 Å². The Morgan fingerprint density at radius 2 is 1.46 bits per heavy atom. The van der Waals surface area contributed by atoms with Crippen LogP contribution in [0.5, 0.6) is 11.5 Å². The number of fused-ring (bicyclic) bond motifs is 1. The zero-order valence-corrected chi connectivity index (χ0v) is 14.9. The van der Waals surface area contributed by atoms with E-state index < -0.39 is 5.97 Å². The van der Waals surface area contributed by atoms with Crippen LogP contribution in [0.4, 0.5) is 0 Å². The highest BCUT2D eigenvalue weighted by Gasteiger charge is 2.06. The van der Waals surface area contributed by atoms with Gasteiger partial charge in [0, 0.05) is 16.8 Å². The van der Waals surface area contributed by atoms with Gasteiger partial charge in [0.05, 0.1) is 33.5 Å². The highest BCUT2D eigenvalue weighted by Crippen LogP contribution is 2.32. The molecule has 0 bridgehead atoms. The molecule has 0 aromatic heterocycles. The largest absolute Gasteiger partial charge is 0.496 e. The van der Waals surface area contributed by atoms with Crippen LogP contribution in [0.15, 0.2) is 49.1 Å². The first-order chi connectivity index (χ1) is 12.8. The summed E-state index contributed by atoms with van der Waals surface area (Å²) in [4.78, 5) is 10.8. The minimum atomic E-state index is -0.451. The zero-order chi connectivity index (χ0) is 18.6. The number of carbonyl (C=O) groups excluding carboxylic acids is 1. The molecule has 0 saturated heterocycles. The molecule has 0 fully saturated rings. The molecule has 2 aromatic rings. The van der Waals surface area contributed by atoms with E-state index in [0.717, 1.165) is 28.3 Å². The van der Waals surface area contributed by atoms with E-state index in [1.807, 2.05) is 36.4 Å². The van der Waals surface area contributed by atoms with Gasteiger partial charge in [-0.15, -0.1) is 0 Å². The molecule has 140 valence electrons. The predicted octanol–water partition coefficient (Wildman–Crippen LogP) is 2.99. The molecule has 0 aliphatic heterocycles. The van der Waals surface area contributed by atoms with Gasteiger partial charge in [0.15, 0.2) is 0 Å². The molecule has 0 spiro atoms. The van der Waals surface area contributed by atoms with E-state index in [0.29, 0.717) is 33.0 Å². The van der Waals surface area contributed by atoms with Crippen molar-refractivity contribution in [1.29, 1.82) is 0 Å². The molecule has 0 radical (unpaired) electrons. The Labute approximate surface area is 153 Å². The lowest BCUT2D eigenvalue weighted by molar-refractivity contribution is -0.139. The van der Waals surface area contributed by atoms with Crippen LogP contribution in [-0.2, 0) is 19.0 Å². The van der Waals surface area contributed by atoms with Crippen LogP contribution in [0.25, 0.3) is 10.8 Å². The molecular formula is C20H24O6. The Balaban J connectivity index is 1.63. The third-order valence-electron chi connectivity index (χ3n) is 3.56. The van der Waals surface area contributed by atoms with Gasteiger partial charge in [-0.1, -0.05) is 30.8 Å². The van der Waals surface area contributed by atoms with Crippen molar-refractivity contribution in [3.8, 4) is 11.5 Å². The highest BCUT2D eigenvalue weighted by molar-refractivity contribution is 5.93. The van der Waals surface area contributed by atoms with Gasteiger partial charge >= 0.3 is 5.97 Å². The van der Waals surface area contributed by atoms with E-state index in [1.165, 1.54) is 0 Å². The molecule has 26 heavy (non-hydrogen) atoms. The first-order valence-electron chi connectivity index (χ1n) is 8.39. The Morgan fingerprint density at radius 1 is 0.885 bits per heavy atom. The molecule has 0 saturated carbocycles. The van der Waals surface area contributed by atoms with Crippen LogP contribution in [0, 0.1) is 0 Å². The molecule has 0 N–H and O–H groups in total. The molecule has 0 amide bonds. The maximum Gasteiger partial charge on any atom is 0.330 e. The number of ether oxygens (including phenoxy) is 5. The highest BCUT2D eigenvalue weighted by atomic mass is 16.6. The maximum absolute atomic E-state index is 10.8. The monoisotopic (exact) mass is 360 g/mol. The second-order valence-corrected chi connectivity index (χ2v) is 5.26. The summed E-state index contributed by atoms with van der Waals surface area (Å²) in [6.45, 7) is 5.61. The van der Waals surface area contributed by atoms with Gasteiger partial charge in [-0.3, -0.25) is 0 Å². The third kappa shape index (κ3) is 6.06. The Bertz CT molecular complexity index is 713. The van der Waals surface area contributed by atoms with Crippen molar-refractivity contribution in [2.24, 2.45) is 0 Å². The number of benzene rings is 2. The number of hydrogen-bond acceptors (Lipinski definition) is 6. The lowest BCUT2D eigenvalue weighted by Gasteiger charge is -2.12. The quantitative estimate of drug-likeness (QED) is 0.329. The van der Waals surface area contributed by atoms with Gasteiger partial charge in [0.2, 0.25) is 0 Å². The van der Waals surface area contributed by atoms with Crippen LogP contribution in [0.1, 0.15) is 0 Å². The van der Waals surface area contributed by atoms with Gasteiger partial charge in [0.25, 0.3) is 0 Å². The van der Waals surface area contributed by atoms with Gasteiger partial charge in [-0.2, -0.15) is 0 Å². The Morgan fingerprint density at radius 3 is 2.12 bits per heavy atom. The summed E-state index contributed by atoms with van der Waals surface area (Å²) in [6.07, 6.45) is 1.12. The fourth-order valence-corrected chi connectivity index (χ4v) is 2.34. The Hall–Kier alpha value is -2.57. The molecular weight excluding hydrogens is 336 g/mol. The predicted molar refractivity (Wildman–Crippen MR) is 98.8 cm³/mol. The molecule has 6 heteroatoms. The van der Waals surface area contributed by atoms with Crippen molar-refractivity contribution in [3.63, 3.8) is 0 Å². The van der Waals surface area contributed by atoms with E-state index in [9.17, 15) is 4.79 Å². The van der Waals surface area contributed by atoms with Crippen molar-refractivity contribution in [2.45, 2.75) is 0 Å². The molecule has 0 unspecified atom stereocenters. The standard InChI is InChI=1S/C20H24O6/c1-3-20(21)26-15-13-24-11-10-23-12-14-25-19-9-8-18(22-2)16-6-4-5-7-17(16)19/h3-9H,1,10-15H2,2H3. The first-order valence-corrected chi connectivity index (χ1v) is 8.39. The average Bonchev–Trinajstić information content (AvgIpc) is 2.69. The number of methoxy groups -OCH3 is 1. The van der Waals surface area contributed by atoms with Gasteiger partial charge < -0.3 is 23.7 Å². The van der Waals surface area contributed by atoms with Gasteiger partial charge in [-0.25, -0.2) is 4.79 Å². The summed E-state index contributed by atoms with van der Waals surface area (Å²) in [7, 11) is 1.65. The summed E-state index contributed by atoms with van der Waals surface area (Å²) < 4.78 is 26.7. The molecule has 2 aromatic carbocycles. The van der Waals surface area contributed by atoms with E-state index in [1.54, 1.807) is 7.11 Å². The summed E-state index contributed by atoms with van der Waals surface area (Å²) >= 11 is 0. The maximum atomic E-state index is 10.8. The fraction of sp³-hybridized carbons (Fsp3) is 0.350. The number of carbonyl (C=O) groups is 1. The van der Waals surface area contributed by atoms with Crippen LogP contribution in [-0.4, -0.2) is 52.7 Å². The number of hydrogen-bond donors (Lipinski definition) is 0. The first kappa shape index (κ1) is 19.8. The lowest BCUT2D eigenvalue weighted by Crippen LogP contribution is -2.13. The molecule has 0 heterocycles. The summed E-state index contributed by atoms with van der Waals surface area (Å²) in [5, 5.41) is 2.02. The van der Waals surface area contributed by atoms with Crippen molar-refractivity contribution in [3.05, 3.63) is 49.1 Å². The van der Waals surface area contributed by atoms with Gasteiger partial charge in [0.1, 0.15) is 24.7 Å². The summed E-state index contributed by atoms with van der Waals surface area (Å²) in [5.74, 6) is 1.17. The normalized spacial score (nSPS) is 10.5. The van der Waals surface area contributed by atoms with Crippen molar-refractivity contribution >= 4 is 16.7 Å². The van der Waals surface area contributed by atoms with Crippen LogP contribution in [0.2, 0.25) is 0 Å². The third-order valence-corrected chi connectivity index (χ3v) is 3.56. The van der Waals surface area contributed by atoms with Crippen molar-refractivity contribution < 1.29 is 28.5 Å². The Kier molecular flexibility index (Phi) is 8.45. The second kappa shape index (κ2) is 11.1. The van der Waals surface area contributed by atoms with Crippen LogP contribution in [0.3, 0.4) is 0 Å². The topological polar surface area (TPSA) is 63.2 Å². The molecule has 0 aliphatic carbocycles. The summed E-state index contributed by atoms with van der Waals surface area (Å²) in [5.41, 5.74) is 0. The van der Waals surface area contributed by atoms with E-state index in [-0.39, 0.29) is 6.61 Å². The smallest absolute Gasteiger partial charge is 0.330 e. The van der Waals surface area contributed by atoms with Gasteiger partial charge in [-0.05, 0) is 12.1 Å². The molecule has 6 nitrogen and oxygen atoms in total. The van der Waals surface area contributed by atoms with E-state index in [2.05, 4.69) is 6.58 Å². The van der Waals surface area contributed by atoms with E-state index in [4.69, 9.17) is 23.7 Å². The molecule has 0 aliphatic rings. The zero-order valence-electron chi connectivity index (χ0n) is 14.9. The fourth-order valence-electron chi connectivity index (χ4n) is 2.34. The van der Waals surface area contributed by atoms with Crippen LogP contribution >= 0.6 is 0 Å². The summed E-state index contributed by atoms with van der Waals surface area (Å²) in [6, 6.07) is 11.7. The van der Waals surface area contributed by atoms with E-state index >= 15 is 0 Å². The SMILES string of the molecule is C=CC(=O)OCCOCCOCCOc1ccc(OC)c2ccccc12. The van der Waals surface area contributed by atoms with Crippen molar-refractivity contribution in [2.75, 3.05) is 46.8 Å². The minimum Gasteiger partial charge on any atom is -0.496 e. The average molecular weight is 360 g/mol.